The van der Waals surface area contributed by atoms with Gasteiger partial charge in [0.1, 0.15) is 11.6 Å². The summed E-state index contributed by atoms with van der Waals surface area (Å²) in [4.78, 5) is 50.9. The van der Waals surface area contributed by atoms with Gasteiger partial charge >= 0.3 is 12.1 Å². The quantitative estimate of drug-likeness (QED) is 0.462. The molecule has 0 saturated heterocycles. The SMILES string of the molecule is CCC(C)C(NC(C)=O)C(=O)OCOC(=O)N(C)[C@@]1(c2ccccc2Cl)CCCCC1=O. The first-order valence-corrected chi connectivity index (χ1v) is 11.2. The minimum atomic E-state index is -1.24. The van der Waals surface area contributed by atoms with E-state index in [9.17, 15) is 19.2 Å². The Balaban J connectivity index is 2.12. The lowest BCUT2D eigenvalue weighted by molar-refractivity contribution is -0.158. The number of halogens is 1. The summed E-state index contributed by atoms with van der Waals surface area (Å²) >= 11 is 6.39. The Morgan fingerprint density at radius 3 is 2.50 bits per heavy atom. The van der Waals surface area contributed by atoms with E-state index in [4.69, 9.17) is 21.1 Å². The number of Topliss-reactive ketones (excluding diaryl/α,β-unsaturated/α-hetero) is 1. The Kier molecular flexibility index (Phi) is 9.07. The molecule has 32 heavy (non-hydrogen) atoms. The van der Waals surface area contributed by atoms with Crippen LogP contribution in [0.25, 0.3) is 0 Å². The molecule has 2 rings (SSSR count). The number of nitrogens with one attached hydrogen (secondary N) is 1. The van der Waals surface area contributed by atoms with Gasteiger partial charge in [-0.1, -0.05) is 50.1 Å². The van der Waals surface area contributed by atoms with E-state index in [0.29, 0.717) is 29.8 Å². The Hall–Kier alpha value is -2.61. The van der Waals surface area contributed by atoms with Gasteiger partial charge < -0.3 is 14.8 Å². The highest BCUT2D eigenvalue weighted by Crippen LogP contribution is 2.42. The van der Waals surface area contributed by atoms with E-state index in [-0.39, 0.29) is 17.6 Å². The van der Waals surface area contributed by atoms with Crippen molar-refractivity contribution in [2.24, 2.45) is 5.92 Å². The molecule has 9 heteroatoms. The average molecular weight is 467 g/mol. The van der Waals surface area contributed by atoms with Gasteiger partial charge in [0, 0.05) is 31.0 Å². The Morgan fingerprint density at radius 2 is 1.91 bits per heavy atom. The molecule has 1 fully saturated rings. The minimum Gasteiger partial charge on any atom is -0.426 e. The maximum atomic E-state index is 13.1. The molecule has 176 valence electrons. The van der Waals surface area contributed by atoms with Gasteiger partial charge in [-0.2, -0.15) is 0 Å². The van der Waals surface area contributed by atoms with Gasteiger partial charge in [-0.25, -0.2) is 9.59 Å². The van der Waals surface area contributed by atoms with Crippen LogP contribution in [0.15, 0.2) is 24.3 Å². The Labute approximate surface area is 193 Å². The van der Waals surface area contributed by atoms with Gasteiger partial charge in [-0.05, 0) is 31.2 Å². The largest absolute Gasteiger partial charge is 0.426 e. The monoisotopic (exact) mass is 466 g/mol. The van der Waals surface area contributed by atoms with Crippen LogP contribution in [0.1, 0.15) is 58.4 Å². The number of hydrogen-bond acceptors (Lipinski definition) is 6. The molecule has 2 amide bonds. The first kappa shape index (κ1) is 25.6. The van der Waals surface area contributed by atoms with Gasteiger partial charge in [0.05, 0.1) is 0 Å². The number of nitrogens with zero attached hydrogens (tertiary/aromatic N) is 1. The average Bonchev–Trinajstić information content (AvgIpc) is 2.77. The van der Waals surface area contributed by atoms with Gasteiger partial charge in [-0.15, -0.1) is 0 Å². The molecule has 0 aliphatic heterocycles. The van der Waals surface area contributed by atoms with Gasteiger partial charge in [0.25, 0.3) is 0 Å². The highest BCUT2D eigenvalue weighted by Gasteiger charge is 2.48. The molecule has 1 aromatic carbocycles. The molecule has 0 bridgehead atoms. The summed E-state index contributed by atoms with van der Waals surface area (Å²) in [6.07, 6.45) is 2.06. The van der Waals surface area contributed by atoms with Crippen molar-refractivity contribution in [3.8, 4) is 0 Å². The van der Waals surface area contributed by atoms with E-state index in [0.717, 1.165) is 12.8 Å². The van der Waals surface area contributed by atoms with Crippen LogP contribution in [0.3, 0.4) is 0 Å². The summed E-state index contributed by atoms with van der Waals surface area (Å²) in [6, 6.07) is 6.09. The molecular weight excluding hydrogens is 436 g/mol. The second-order valence-corrected chi connectivity index (χ2v) is 8.49. The third-order valence-corrected chi connectivity index (χ3v) is 6.36. The minimum absolute atomic E-state index is 0.115. The van der Waals surface area contributed by atoms with Gasteiger partial charge in [0.15, 0.2) is 5.78 Å². The fourth-order valence-electron chi connectivity index (χ4n) is 4.00. The molecule has 1 N–H and O–H groups in total. The molecule has 2 unspecified atom stereocenters. The van der Waals surface area contributed by atoms with E-state index in [1.54, 1.807) is 24.3 Å². The fourth-order valence-corrected chi connectivity index (χ4v) is 4.29. The molecular formula is C23H31ClN2O6. The number of ketones is 1. The van der Waals surface area contributed by atoms with Crippen molar-refractivity contribution in [3.63, 3.8) is 0 Å². The maximum absolute atomic E-state index is 13.1. The number of carbonyl (C=O) groups excluding carboxylic acids is 4. The topological polar surface area (TPSA) is 102 Å². The van der Waals surface area contributed by atoms with Crippen molar-refractivity contribution < 1.29 is 28.7 Å². The molecule has 1 saturated carbocycles. The van der Waals surface area contributed by atoms with Gasteiger partial charge in [0.2, 0.25) is 12.7 Å². The lowest BCUT2D eigenvalue weighted by atomic mass is 9.74. The zero-order chi connectivity index (χ0) is 23.9. The van der Waals surface area contributed by atoms with E-state index < -0.39 is 30.4 Å². The second-order valence-electron chi connectivity index (χ2n) is 8.08. The van der Waals surface area contributed by atoms with Crippen LogP contribution in [0.4, 0.5) is 4.79 Å². The first-order valence-electron chi connectivity index (χ1n) is 10.8. The van der Waals surface area contributed by atoms with Crippen LogP contribution in [0.2, 0.25) is 5.02 Å². The lowest BCUT2D eigenvalue weighted by Gasteiger charge is -2.43. The van der Waals surface area contributed by atoms with E-state index >= 15 is 0 Å². The molecule has 0 radical (unpaired) electrons. The Morgan fingerprint density at radius 1 is 1.22 bits per heavy atom. The number of carbonyl (C=O) groups is 4. The molecule has 0 aromatic heterocycles. The predicted octanol–water partition coefficient (Wildman–Crippen LogP) is 3.80. The number of ether oxygens (including phenoxy) is 2. The highest BCUT2D eigenvalue weighted by molar-refractivity contribution is 6.31. The van der Waals surface area contributed by atoms with Crippen LogP contribution in [-0.2, 0) is 29.4 Å². The third kappa shape index (κ3) is 5.59. The zero-order valence-electron chi connectivity index (χ0n) is 19.0. The standard InChI is InChI=1S/C23H31ClN2O6/c1-5-15(2)20(25-16(3)27)21(29)31-14-32-22(30)26(4)23(13-9-8-12-19(23)28)17-10-6-7-11-18(17)24/h6-7,10-11,15,20H,5,8-9,12-14H2,1-4H3,(H,25,27)/t15?,20?,23-/m1/s1. The van der Waals surface area contributed by atoms with Crippen molar-refractivity contribution in [3.05, 3.63) is 34.9 Å². The number of amides is 2. The second kappa shape index (κ2) is 11.3. The molecule has 3 atom stereocenters. The van der Waals surface area contributed by atoms with E-state index in [2.05, 4.69) is 5.32 Å². The lowest BCUT2D eigenvalue weighted by Crippen LogP contribution is -2.54. The first-order chi connectivity index (χ1) is 15.1. The molecule has 0 heterocycles. The predicted molar refractivity (Wildman–Crippen MR) is 119 cm³/mol. The van der Waals surface area contributed by atoms with E-state index in [1.165, 1.54) is 18.9 Å². The number of esters is 1. The number of likely N-dealkylation sites (N-methyl/N-ethyl adjacent to an activating group) is 1. The molecule has 8 nitrogen and oxygen atoms in total. The van der Waals surface area contributed by atoms with E-state index in [1.807, 2.05) is 13.8 Å². The van der Waals surface area contributed by atoms with Crippen molar-refractivity contribution in [1.29, 1.82) is 0 Å². The summed E-state index contributed by atoms with van der Waals surface area (Å²) in [5.41, 5.74) is -0.696. The number of benzene rings is 1. The number of rotatable bonds is 8. The molecule has 0 spiro atoms. The Bertz CT molecular complexity index is 861. The van der Waals surface area contributed by atoms with Crippen molar-refractivity contribution in [1.82, 2.24) is 10.2 Å². The summed E-state index contributed by atoms with van der Waals surface area (Å²) in [6.45, 7) is 4.37. The smallest absolute Gasteiger partial charge is 0.413 e. The normalized spacial score (nSPS) is 20.1. The summed E-state index contributed by atoms with van der Waals surface area (Å²) in [5, 5.41) is 2.95. The summed E-state index contributed by atoms with van der Waals surface area (Å²) < 4.78 is 10.3. The van der Waals surface area contributed by atoms with Crippen LogP contribution in [0.5, 0.6) is 0 Å². The molecule has 1 aliphatic carbocycles. The molecule has 1 aromatic rings. The summed E-state index contributed by atoms with van der Waals surface area (Å²) in [7, 11) is 1.48. The highest BCUT2D eigenvalue weighted by atomic mass is 35.5. The third-order valence-electron chi connectivity index (χ3n) is 6.03. The van der Waals surface area contributed by atoms with Gasteiger partial charge in [-0.3, -0.25) is 14.5 Å². The van der Waals surface area contributed by atoms with Crippen LogP contribution < -0.4 is 5.32 Å². The van der Waals surface area contributed by atoms with Crippen LogP contribution in [-0.4, -0.2) is 48.5 Å². The zero-order valence-corrected chi connectivity index (χ0v) is 19.7. The summed E-state index contributed by atoms with van der Waals surface area (Å²) in [5.74, 6) is -1.33. The van der Waals surface area contributed by atoms with Crippen molar-refractivity contribution in [2.45, 2.75) is 64.5 Å². The van der Waals surface area contributed by atoms with Crippen molar-refractivity contribution in [2.75, 3.05) is 13.8 Å². The number of hydrogen-bond donors (Lipinski definition) is 1. The molecule has 1 aliphatic rings. The fraction of sp³-hybridized carbons (Fsp3) is 0.565. The van der Waals surface area contributed by atoms with Crippen LogP contribution >= 0.6 is 11.6 Å². The van der Waals surface area contributed by atoms with Crippen molar-refractivity contribution >= 4 is 35.4 Å². The van der Waals surface area contributed by atoms with Crippen LogP contribution in [0, 0.1) is 5.92 Å². The maximum Gasteiger partial charge on any atom is 0.413 e.